The molecule has 2 aromatic carbocycles. The first-order chi connectivity index (χ1) is 9.70. The van der Waals surface area contributed by atoms with E-state index in [1.807, 2.05) is 0 Å². The molecule has 0 saturated heterocycles. The van der Waals surface area contributed by atoms with Crippen molar-refractivity contribution < 1.29 is 32.6 Å². The highest BCUT2D eigenvalue weighted by atomic mass is 19.4. The molecule has 0 heterocycles. The van der Waals surface area contributed by atoms with Gasteiger partial charge in [-0.05, 0) is 35.4 Å². The fourth-order valence-electron chi connectivity index (χ4n) is 1.81. The third kappa shape index (κ3) is 2.96. The average molecular weight is 300 g/mol. The minimum atomic E-state index is -4.84. The Morgan fingerprint density at radius 3 is 2.10 bits per heavy atom. The lowest BCUT2D eigenvalue weighted by atomic mass is 10.0. The molecule has 0 bridgehead atoms. The molecule has 2 aromatic rings. The molecular formula is C14H8F4O3. The van der Waals surface area contributed by atoms with Crippen molar-refractivity contribution in [3.63, 3.8) is 0 Å². The number of carboxylic acid groups (broad SMARTS) is 1. The van der Waals surface area contributed by atoms with Gasteiger partial charge in [0.15, 0.2) is 0 Å². The Bertz CT molecular complexity index is 708. The number of carboxylic acids is 1. The zero-order valence-corrected chi connectivity index (χ0v) is 10.3. The van der Waals surface area contributed by atoms with E-state index in [1.54, 1.807) is 0 Å². The van der Waals surface area contributed by atoms with Crippen LogP contribution in [0.4, 0.5) is 17.6 Å². The van der Waals surface area contributed by atoms with Crippen LogP contribution in [0.25, 0.3) is 11.1 Å². The van der Waals surface area contributed by atoms with E-state index in [0.29, 0.717) is 12.1 Å². The van der Waals surface area contributed by atoms with Crippen LogP contribution in [0.15, 0.2) is 36.4 Å². The standard InChI is InChI=1S/C14H8F4O3/c15-11-4-2-7(5-10(11)14(16,17)18)8-1-3-9(13(20)21)12(19)6-8/h1-6,19H,(H,20,21). The summed E-state index contributed by atoms with van der Waals surface area (Å²) in [5.41, 5.74) is -1.65. The Labute approximate surface area is 116 Å². The number of benzene rings is 2. The van der Waals surface area contributed by atoms with Crippen molar-refractivity contribution in [2.45, 2.75) is 6.18 Å². The van der Waals surface area contributed by atoms with Crippen molar-refractivity contribution in [3.8, 4) is 16.9 Å². The number of phenols is 1. The first kappa shape index (κ1) is 14.8. The second kappa shape index (κ2) is 5.08. The van der Waals surface area contributed by atoms with Crippen LogP contribution in [0.5, 0.6) is 5.75 Å². The topological polar surface area (TPSA) is 57.5 Å². The van der Waals surface area contributed by atoms with Gasteiger partial charge in [-0.15, -0.1) is 0 Å². The number of alkyl halides is 3. The lowest BCUT2D eigenvalue weighted by Crippen LogP contribution is -2.08. The minimum Gasteiger partial charge on any atom is -0.507 e. The molecule has 0 aliphatic carbocycles. The van der Waals surface area contributed by atoms with Gasteiger partial charge in [-0.25, -0.2) is 9.18 Å². The van der Waals surface area contributed by atoms with E-state index in [1.165, 1.54) is 6.07 Å². The highest BCUT2D eigenvalue weighted by Gasteiger charge is 2.34. The third-order valence-corrected chi connectivity index (χ3v) is 2.83. The maximum Gasteiger partial charge on any atom is 0.419 e. The highest BCUT2D eigenvalue weighted by molar-refractivity contribution is 5.91. The Hall–Kier alpha value is -2.57. The van der Waals surface area contributed by atoms with E-state index < -0.39 is 29.3 Å². The molecule has 0 aliphatic rings. The van der Waals surface area contributed by atoms with Crippen LogP contribution < -0.4 is 0 Å². The predicted molar refractivity (Wildman–Crippen MR) is 65.5 cm³/mol. The average Bonchev–Trinajstić information content (AvgIpc) is 2.37. The van der Waals surface area contributed by atoms with Crippen LogP contribution in [-0.4, -0.2) is 16.2 Å². The normalized spacial score (nSPS) is 11.4. The molecule has 7 heteroatoms. The van der Waals surface area contributed by atoms with E-state index in [4.69, 9.17) is 5.11 Å². The fourth-order valence-corrected chi connectivity index (χ4v) is 1.81. The number of hydrogen-bond acceptors (Lipinski definition) is 2. The molecular weight excluding hydrogens is 292 g/mol. The van der Waals surface area contributed by atoms with Gasteiger partial charge in [-0.2, -0.15) is 13.2 Å². The molecule has 0 amide bonds. The number of aromatic hydroxyl groups is 1. The summed E-state index contributed by atoms with van der Waals surface area (Å²) in [6.07, 6.45) is -4.84. The van der Waals surface area contributed by atoms with Crippen molar-refractivity contribution in [1.82, 2.24) is 0 Å². The van der Waals surface area contributed by atoms with Crippen LogP contribution in [0, 0.1) is 5.82 Å². The molecule has 0 radical (unpaired) electrons. The Balaban J connectivity index is 2.53. The van der Waals surface area contributed by atoms with Crippen LogP contribution in [0.2, 0.25) is 0 Å². The third-order valence-electron chi connectivity index (χ3n) is 2.83. The molecule has 0 aromatic heterocycles. The van der Waals surface area contributed by atoms with Crippen molar-refractivity contribution in [2.75, 3.05) is 0 Å². The lowest BCUT2D eigenvalue weighted by Gasteiger charge is -2.11. The zero-order chi connectivity index (χ0) is 15.8. The smallest absolute Gasteiger partial charge is 0.419 e. The maximum atomic E-state index is 13.2. The number of aromatic carboxylic acids is 1. The molecule has 0 spiro atoms. The first-order valence-electron chi connectivity index (χ1n) is 5.63. The van der Waals surface area contributed by atoms with E-state index in [-0.39, 0.29) is 16.7 Å². The van der Waals surface area contributed by atoms with Gasteiger partial charge < -0.3 is 10.2 Å². The van der Waals surface area contributed by atoms with Crippen molar-refractivity contribution in [3.05, 3.63) is 53.3 Å². The van der Waals surface area contributed by atoms with Crippen LogP contribution >= 0.6 is 0 Å². The first-order valence-corrected chi connectivity index (χ1v) is 5.63. The van der Waals surface area contributed by atoms with Crippen LogP contribution in [0.3, 0.4) is 0 Å². The summed E-state index contributed by atoms with van der Waals surface area (Å²) in [6, 6.07) is 5.68. The molecule has 2 N–H and O–H groups in total. The molecule has 0 saturated carbocycles. The zero-order valence-electron chi connectivity index (χ0n) is 10.3. The van der Waals surface area contributed by atoms with Gasteiger partial charge >= 0.3 is 12.1 Å². The van der Waals surface area contributed by atoms with E-state index >= 15 is 0 Å². The van der Waals surface area contributed by atoms with Gasteiger partial charge in [0.25, 0.3) is 0 Å². The molecule has 0 unspecified atom stereocenters. The monoisotopic (exact) mass is 300 g/mol. The predicted octanol–water partition coefficient (Wildman–Crippen LogP) is 3.92. The van der Waals surface area contributed by atoms with Gasteiger partial charge in [0, 0.05) is 0 Å². The molecule has 21 heavy (non-hydrogen) atoms. The quantitative estimate of drug-likeness (QED) is 0.827. The fraction of sp³-hybridized carbons (Fsp3) is 0.0714. The van der Waals surface area contributed by atoms with E-state index in [0.717, 1.165) is 18.2 Å². The molecule has 0 fully saturated rings. The van der Waals surface area contributed by atoms with E-state index in [2.05, 4.69) is 0 Å². The highest BCUT2D eigenvalue weighted by Crippen LogP contribution is 2.35. The lowest BCUT2D eigenvalue weighted by molar-refractivity contribution is -0.139. The van der Waals surface area contributed by atoms with Gasteiger partial charge in [-0.1, -0.05) is 12.1 Å². The summed E-state index contributed by atoms with van der Waals surface area (Å²) in [7, 11) is 0. The summed E-state index contributed by atoms with van der Waals surface area (Å²) in [5, 5.41) is 18.3. The van der Waals surface area contributed by atoms with Crippen molar-refractivity contribution >= 4 is 5.97 Å². The van der Waals surface area contributed by atoms with Crippen LogP contribution in [0.1, 0.15) is 15.9 Å². The van der Waals surface area contributed by atoms with Crippen LogP contribution in [-0.2, 0) is 6.18 Å². The summed E-state index contributed by atoms with van der Waals surface area (Å²) in [5.74, 6) is -3.36. The summed E-state index contributed by atoms with van der Waals surface area (Å²) in [6.45, 7) is 0. The molecule has 0 atom stereocenters. The molecule has 3 nitrogen and oxygen atoms in total. The van der Waals surface area contributed by atoms with Gasteiger partial charge in [0.2, 0.25) is 0 Å². The number of hydrogen-bond donors (Lipinski definition) is 2. The number of carbonyl (C=O) groups is 1. The summed E-state index contributed by atoms with van der Waals surface area (Å²) >= 11 is 0. The van der Waals surface area contributed by atoms with E-state index in [9.17, 15) is 27.5 Å². The Morgan fingerprint density at radius 2 is 1.57 bits per heavy atom. The second-order valence-corrected chi connectivity index (χ2v) is 4.23. The molecule has 0 aliphatic heterocycles. The van der Waals surface area contributed by atoms with Gasteiger partial charge in [0.05, 0.1) is 5.56 Å². The summed E-state index contributed by atoms with van der Waals surface area (Å²) < 4.78 is 51.1. The minimum absolute atomic E-state index is 0.0102. The molecule has 2 rings (SSSR count). The second-order valence-electron chi connectivity index (χ2n) is 4.23. The summed E-state index contributed by atoms with van der Waals surface area (Å²) in [4.78, 5) is 10.7. The van der Waals surface area contributed by atoms with Crippen molar-refractivity contribution in [2.24, 2.45) is 0 Å². The number of rotatable bonds is 2. The van der Waals surface area contributed by atoms with Crippen molar-refractivity contribution in [1.29, 1.82) is 0 Å². The van der Waals surface area contributed by atoms with Gasteiger partial charge in [0.1, 0.15) is 17.1 Å². The SMILES string of the molecule is O=C(O)c1ccc(-c2ccc(F)c(C(F)(F)F)c2)cc1O. The largest absolute Gasteiger partial charge is 0.507 e. The number of halogens is 4. The Morgan fingerprint density at radius 1 is 1.00 bits per heavy atom. The van der Waals surface area contributed by atoms with Gasteiger partial charge in [-0.3, -0.25) is 0 Å². The molecule has 110 valence electrons. The maximum absolute atomic E-state index is 13.2. The Kier molecular flexibility index (Phi) is 3.59.